The first-order chi connectivity index (χ1) is 12.7. The molecule has 2 aromatic carbocycles. The maximum absolute atomic E-state index is 12.6. The molecule has 0 atom stereocenters. The number of carbonyl (C=O) groups is 2. The predicted molar refractivity (Wildman–Crippen MR) is 105 cm³/mol. The van der Waals surface area contributed by atoms with Gasteiger partial charge in [-0.25, -0.2) is 0 Å². The Morgan fingerprint density at radius 2 is 1.35 bits per heavy atom. The van der Waals surface area contributed by atoms with Crippen LogP contribution in [0.1, 0.15) is 38.2 Å². The van der Waals surface area contributed by atoms with Crippen LogP contribution in [0.15, 0.2) is 54.6 Å². The number of anilines is 2. The van der Waals surface area contributed by atoms with Gasteiger partial charge in [-0.1, -0.05) is 43.3 Å². The zero-order valence-electron chi connectivity index (χ0n) is 15.2. The van der Waals surface area contributed by atoms with Crippen molar-refractivity contribution in [2.45, 2.75) is 39.0 Å². The molecule has 0 aliphatic heterocycles. The molecule has 2 aromatic rings. The topological polar surface area (TPSA) is 58.2 Å². The maximum atomic E-state index is 12.6. The SMILES string of the molecule is CCc1ccccc1NC(=O)C1CCC(C(=O)Nc2ccccc2)CC1. The molecule has 2 N–H and O–H groups in total. The summed E-state index contributed by atoms with van der Waals surface area (Å²) >= 11 is 0. The molecule has 0 radical (unpaired) electrons. The van der Waals surface area contributed by atoms with E-state index in [4.69, 9.17) is 0 Å². The number of rotatable bonds is 5. The molecule has 1 aliphatic rings. The summed E-state index contributed by atoms with van der Waals surface area (Å²) in [6.07, 6.45) is 3.92. The zero-order valence-corrected chi connectivity index (χ0v) is 15.2. The summed E-state index contributed by atoms with van der Waals surface area (Å²) in [7, 11) is 0. The van der Waals surface area contributed by atoms with Gasteiger partial charge in [0.15, 0.2) is 0 Å². The summed E-state index contributed by atoms with van der Waals surface area (Å²) in [5.74, 6) is 0.113. The van der Waals surface area contributed by atoms with E-state index in [-0.39, 0.29) is 23.7 Å². The number of benzene rings is 2. The standard InChI is InChI=1S/C22H26N2O2/c1-2-16-8-6-7-11-20(16)24-22(26)18-14-12-17(13-15-18)21(25)23-19-9-4-3-5-10-19/h3-11,17-18H,2,12-15H2,1H3,(H,23,25)(H,24,26). The van der Waals surface area contributed by atoms with Crippen LogP contribution in [0.5, 0.6) is 0 Å². The Bertz CT molecular complexity index is 750. The first-order valence-electron chi connectivity index (χ1n) is 9.42. The highest BCUT2D eigenvalue weighted by Gasteiger charge is 2.30. The van der Waals surface area contributed by atoms with Gasteiger partial charge in [-0.05, 0) is 55.9 Å². The molecule has 0 heterocycles. The minimum absolute atomic E-state index is 0.0119. The molecule has 1 fully saturated rings. The highest BCUT2D eigenvalue weighted by molar-refractivity contribution is 5.94. The van der Waals surface area contributed by atoms with Crippen LogP contribution in [0, 0.1) is 11.8 Å². The van der Waals surface area contributed by atoms with Gasteiger partial charge in [0, 0.05) is 23.2 Å². The number of nitrogens with one attached hydrogen (secondary N) is 2. The summed E-state index contributed by atoms with van der Waals surface area (Å²) in [4.78, 5) is 25.0. The molecular formula is C22H26N2O2. The molecule has 4 nitrogen and oxygen atoms in total. The minimum Gasteiger partial charge on any atom is -0.326 e. The number of carbonyl (C=O) groups excluding carboxylic acids is 2. The number of aryl methyl sites for hydroxylation is 1. The summed E-state index contributed by atoms with van der Waals surface area (Å²) in [5, 5.41) is 6.05. The molecular weight excluding hydrogens is 324 g/mol. The smallest absolute Gasteiger partial charge is 0.227 e. The number of hydrogen-bond donors (Lipinski definition) is 2. The quantitative estimate of drug-likeness (QED) is 0.826. The van der Waals surface area contributed by atoms with Crippen LogP contribution < -0.4 is 10.6 Å². The Balaban J connectivity index is 1.51. The second-order valence-electron chi connectivity index (χ2n) is 6.90. The van der Waals surface area contributed by atoms with E-state index in [0.29, 0.717) is 0 Å². The molecule has 136 valence electrons. The van der Waals surface area contributed by atoms with Gasteiger partial charge in [-0.3, -0.25) is 9.59 Å². The van der Waals surface area contributed by atoms with Crippen molar-refractivity contribution in [1.82, 2.24) is 0 Å². The predicted octanol–water partition coefficient (Wildman–Crippen LogP) is 4.63. The molecule has 1 saturated carbocycles. The lowest BCUT2D eigenvalue weighted by Crippen LogP contribution is -2.32. The van der Waals surface area contributed by atoms with Crippen molar-refractivity contribution in [1.29, 1.82) is 0 Å². The normalized spacial score (nSPS) is 19.6. The van der Waals surface area contributed by atoms with Crippen LogP contribution in [0.3, 0.4) is 0 Å². The molecule has 3 rings (SSSR count). The zero-order chi connectivity index (χ0) is 18.4. The van der Waals surface area contributed by atoms with E-state index in [2.05, 4.69) is 17.6 Å². The van der Waals surface area contributed by atoms with Gasteiger partial charge in [0.1, 0.15) is 0 Å². The molecule has 0 bridgehead atoms. The molecule has 0 unspecified atom stereocenters. The van der Waals surface area contributed by atoms with Gasteiger partial charge >= 0.3 is 0 Å². The third-order valence-electron chi connectivity index (χ3n) is 5.17. The van der Waals surface area contributed by atoms with Crippen molar-refractivity contribution in [3.63, 3.8) is 0 Å². The van der Waals surface area contributed by atoms with Crippen LogP contribution >= 0.6 is 0 Å². The van der Waals surface area contributed by atoms with Crippen molar-refractivity contribution < 1.29 is 9.59 Å². The first kappa shape index (κ1) is 18.2. The molecule has 26 heavy (non-hydrogen) atoms. The van der Waals surface area contributed by atoms with Crippen molar-refractivity contribution >= 4 is 23.2 Å². The molecule has 1 aliphatic carbocycles. The van der Waals surface area contributed by atoms with Crippen LogP contribution in [-0.4, -0.2) is 11.8 Å². The van der Waals surface area contributed by atoms with Crippen molar-refractivity contribution in [3.05, 3.63) is 60.2 Å². The number of amides is 2. The summed E-state index contributed by atoms with van der Waals surface area (Å²) in [6, 6.07) is 17.5. The Labute approximate surface area is 155 Å². The first-order valence-corrected chi connectivity index (χ1v) is 9.42. The van der Waals surface area contributed by atoms with Gasteiger partial charge < -0.3 is 10.6 Å². The fourth-order valence-corrected chi connectivity index (χ4v) is 3.57. The van der Waals surface area contributed by atoms with Gasteiger partial charge in [-0.15, -0.1) is 0 Å². The lowest BCUT2D eigenvalue weighted by molar-refractivity contribution is -0.125. The Kier molecular flexibility index (Phi) is 6.05. The largest absolute Gasteiger partial charge is 0.326 e. The maximum Gasteiger partial charge on any atom is 0.227 e. The van der Waals surface area contributed by atoms with Gasteiger partial charge in [-0.2, -0.15) is 0 Å². The third kappa shape index (κ3) is 4.51. The highest BCUT2D eigenvalue weighted by atomic mass is 16.2. The third-order valence-corrected chi connectivity index (χ3v) is 5.17. The van der Waals surface area contributed by atoms with Gasteiger partial charge in [0.2, 0.25) is 11.8 Å². The Morgan fingerprint density at radius 1 is 0.808 bits per heavy atom. The van der Waals surface area contributed by atoms with E-state index in [1.165, 1.54) is 0 Å². The fourth-order valence-electron chi connectivity index (χ4n) is 3.57. The van der Waals surface area contributed by atoms with Crippen molar-refractivity contribution in [2.24, 2.45) is 11.8 Å². The van der Waals surface area contributed by atoms with E-state index >= 15 is 0 Å². The van der Waals surface area contributed by atoms with E-state index < -0.39 is 0 Å². The van der Waals surface area contributed by atoms with Crippen molar-refractivity contribution in [2.75, 3.05) is 10.6 Å². The molecule has 0 aromatic heterocycles. The number of para-hydroxylation sites is 2. The summed E-state index contributed by atoms with van der Waals surface area (Å²) in [5.41, 5.74) is 2.88. The van der Waals surface area contributed by atoms with Crippen LogP contribution in [0.4, 0.5) is 11.4 Å². The summed E-state index contributed by atoms with van der Waals surface area (Å²) in [6.45, 7) is 2.08. The lowest BCUT2D eigenvalue weighted by atomic mass is 9.81. The van der Waals surface area contributed by atoms with Crippen LogP contribution in [-0.2, 0) is 16.0 Å². The lowest BCUT2D eigenvalue weighted by Gasteiger charge is -2.27. The van der Waals surface area contributed by atoms with Gasteiger partial charge in [0.25, 0.3) is 0 Å². The van der Waals surface area contributed by atoms with Crippen LogP contribution in [0.25, 0.3) is 0 Å². The monoisotopic (exact) mass is 350 g/mol. The average molecular weight is 350 g/mol. The Hall–Kier alpha value is -2.62. The summed E-state index contributed by atoms with van der Waals surface area (Å²) < 4.78 is 0. The molecule has 2 amide bonds. The van der Waals surface area contributed by atoms with E-state index in [1.54, 1.807) is 0 Å². The second kappa shape index (κ2) is 8.65. The second-order valence-corrected chi connectivity index (χ2v) is 6.90. The van der Waals surface area contributed by atoms with E-state index in [9.17, 15) is 9.59 Å². The van der Waals surface area contributed by atoms with Crippen LogP contribution in [0.2, 0.25) is 0 Å². The van der Waals surface area contributed by atoms with E-state index in [0.717, 1.165) is 49.0 Å². The minimum atomic E-state index is -0.0133. The highest BCUT2D eigenvalue weighted by Crippen LogP contribution is 2.31. The molecule has 0 saturated heterocycles. The Morgan fingerprint density at radius 3 is 1.96 bits per heavy atom. The van der Waals surface area contributed by atoms with Gasteiger partial charge in [0.05, 0.1) is 0 Å². The fraction of sp³-hybridized carbons (Fsp3) is 0.364. The van der Waals surface area contributed by atoms with E-state index in [1.807, 2.05) is 54.6 Å². The average Bonchev–Trinajstić information content (AvgIpc) is 2.69. The number of hydrogen-bond acceptors (Lipinski definition) is 2. The van der Waals surface area contributed by atoms with Crippen molar-refractivity contribution in [3.8, 4) is 0 Å². The molecule has 0 spiro atoms. The molecule has 4 heteroatoms.